The van der Waals surface area contributed by atoms with Crippen molar-refractivity contribution in [3.63, 3.8) is 0 Å². The van der Waals surface area contributed by atoms with Gasteiger partial charge in [0.1, 0.15) is 17.4 Å². The van der Waals surface area contributed by atoms with Gasteiger partial charge in [-0.25, -0.2) is 9.98 Å². The van der Waals surface area contributed by atoms with Gasteiger partial charge in [0.05, 0.1) is 0 Å². The average Bonchev–Trinajstić information content (AvgIpc) is 3.37. The van der Waals surface area contributed by atoms with Crippen LogP contribution in [0.5, 0.6) is 0 Å². The first-order chi connectivity index (χ1) is 14.7. The van der Waals surface area contributed by atoms with Crippen LogP contribution in [-0.2, 0) is 4.74 Å². The molecule has 2 aromatic rings. The molecule has 3 N–H and O–H groups in total. The predicted octanol–water partition coefficient (Wildman–Crippen LogP) is 2.00. The molecule has 0 aliphatic carbocycles. The van der Waals surface area contributed by atoms with E-state index >= 15 is 0 Å². The molecule has 0 radical (unpaired) electrons. The molecule has 0 saturated carbocycles. The van der Waals surface area contributed by atoms with Gasteiger partial charge in [-0.1, -0.05) is 29.5 Å². The molecule has 3 aliphatic heterocycles. The van der Waals surface area contributed by atoms with Crippen LogP contribution in [0.3, 0.4) is 0 Å². The molecule has 0 bridgehead atoms. The summed E-state index contributed by atoms with van der Waals surface area (Å²) in [6, 6.07) is 8.63. The Balaban J connectivity index is 1.40. The summed E-state index contributed by atoms with van der Waals surface area (Å²) in [5.41, 5.74) is 3.26. The van der Waals surface area contributed by atoms with Crippen LogP contribution in [0.25, 0.3) is 0 Å². The zero-order valence-corrected chi connectivity index (χ0v) is 17.8. The van der Waals surface area contributed by atoms with E-state index in [9.17, 15) is 4.79 Å². The summed E-state index contributed by atoms with van der Waals surface area (Å²) in [7, 11) is 1.98. The number of carbonyl (C=O) groups excluding carboxylic acids is 1. The smallest absolute Gasteiger partial charge is 0.280 e. The Hall–Kier alpha value is -2.49. The Bertz CT molecular complexity index is 968. The Labute approximate surface area is 179 Å². The lowest BCUT2D eigenvalue weighted by molar-refractivity contribution is 0.0696. The second-order valence-electron chi connectivity index (χ2n) is 7.80. The highest BCUT2D eigenvalue weighted by atomic mass is 32.1. The van der Waals surface area contributed by atoms with Gasteiger partial charge in [-0.2, -0.15) is 0 Å². The van der Waals surface area contributed by atoms with Gasteiger partial charge in [0.15, 0.2) is 10.8 Å². The molecule has 1 fully saturated rings. The van der Waals surface area contributed by atoms with Crippen LogP contribution in [0.2, 0.25) is 0 Å². The second-order valence-corrected chi connectivity index (χ2v) is 8.80. The number of rotatable bonds is 4. The molecule has 4 heterocycles. The van der Waals surface area contributed by atoms with Gasteiger partial charge in [0.2, 0.25) is 0 Å². The number of hydrogen-bond donors (Lipinski definition) is 3. The SMILES string of the molecule is CNCC1CN(C2=NCNc3sc(C(=O)NC4CCOCC4)nc32)c2ccccc21. The molecule has 0 spiro atoms. The summed E-state index contributed by atoms with van der Waals surface area (Å²) in [4.78, 5) is 24.5. The first-order valence-corrected chi connectivity index (χ1v) is 11.3. The molecule has 30 heavy (non-hydrogen) atoms. The Kier molecular flexibility index (Phi) is 5.41. The van der Waals surface area contributed by atoms with E-state index in [1.165, 1.54) is 22.6 Å². The highest BCUT2D eigenvalue weighted by Gasteiger charge is 2.35. The first kappa shape index (κ1) is 19.5. The van der Waals surface area contributed by atoms with Gasteiger partial charge < -0.3 is 25.6 Å². The number of para-hydroxylation sites is 1. The molecule has 9 heteroatoms. The maximum absolute atomic E-state index is 12.8. The normalized spacial score (nSPS) is 20.9. The zero-order chi connectivity index (χ0) is 20.5. The van der Waals surface area contributed by atoms with Crippen molar-refractivity contribution in [2.75, 3.05) is 50.2 Å². The maximum Gasteiger partial charge on any atom is 0.280 e. The van der Waals surface area contributed by atoms with Gasteiger partial charge >= 0.3 is 0 Å². The number of fused-ring (bicyclic) bond motifs is 2. The van der Waals surface area contributed by atoms with E-state index in [-0.39, 0.29) is 11.9 Å². The summed E-state index contributed by atoms with van der Waals surface area (Å²) < 4.78 is 5.38. The van der Waals surface area contributed by atoms with Gasteiger partial charge in [-0.05, 0) is 31.5 Å². The van der Waals surface area contributed by atoms with E-state index in [0.29, 0.717) is 30.8 Å². The molecule has 158 valence electrons. The lowest BCUT2D eigenvalue weighted by Crippen LogP contribution is -2.39. The summed E-state index contributed by atoms with van der Waals surface area (Å²) in [5, 5.41) is 11.1. The molecular formula is C21H26N6O2S. The average molecular weight is 427 g/mol. The molecule has 1 amide bonds. The third-order valence-electron chi connectivity index (χ3n) is 5.83. The fraction of sp³-hybridized carbons (Fsp3) is 0.476. The van der Waals surface area contributed by atoms with Crippen molar-refractivity contribution < 1.29 is 9.53 Å². The minimum absolute atomic E-state index is 0.114. The standard InChI is InChI=1S/C21H26N6O2S/c1-22-10-13-11-27(16-5-3-2-4-15(13)16)18-17-20(24-12-23-18)30-21(26-17)19(28)25-14-6-8-29-9-7-14/h2-5,13-14,22,24H,6-12H2,1H3,(H,25,28). The van der Waals surface area contributed by atoms with E-state index in [1.807, 2.05) is 7.05 Å². The van der Waals surface area contributed by atoms with Crippen molar-refractivity contribution in [3.8, 4) is 0 Å². The lowest BCUT2D eigenvalue weighted by Gasteiger charge is -2.24. The highest BCUT2D eigenvalue weighted by Crippen LogP contribution is 2.39. The Morgan fingerprint density at radius 3 is 3.00 bits per heavy atom. The number of amides is 1. The largest absolute Gasteiger partial charge is 0.381 e. The number of anilines is 2. The summed E-state index contributed by atoms with van der Waals surface area (Å²) in [6.07, 6.45) is 1.69. The van der Waals surface area contributed by atoms with E-state index in [4.69, 9.17) is 14.7 Å². The van der Waals surface area contributed by atoms with Gasteiger partial charge in [0.25, 0.3) is 5.91 Å². The minimum Gasteiger partial charge on any atom is -0.381 e. The molecule has 8 nitrogen and oxygen atoms in total. The van der Waals surface area contributed by atoms with Crippen LogP contribution in [0.15, 0.2) is 29.3 Å². The van der Waals surface area contributed by atoms with Crippen molar-refractivity contribution in [1.29, 1.82) is 0 Å². The van der Waals surface area contributed by atoms with Crippen molar-refractivity contribution in [2.45, 2.75) is 24.8 Å². The van der Waals surface area contributed by atoms with Gasteiger partial charge in [-0.3, -0.25) is 4.79 Å². The van der Waals surface area contributed by atoms with Crippen LogP contribution in [-0.4, -0.2) is 62.8 Å². The molecule has 1 aromatic heterocycles. The zero-order valence-electron chi connectivity index (χ0n) is 17.0. The van der Waals surface area contributed by atoms with Gasteiger partial charge in [-0.15, -0.1) is 0 Å². The van der Waals surface area contributed by atoms with Crippen LogP contribution in [0, 0.1) is 0 Å². The van der Waals surface area contributed by atoms with Crippen LogP contribution in [0.1, 0.15) is 39.8 Å². The Morgan fingerprint density at radius 2 is 2.17 bits per heavy atom. The fourth-order valence-electron chi connectivity index (χ4n) is 4.37. The van der Waals surface area contributed by atoms with Crippen LogP contribution < -0.4 is 20.9 Å². The molecular weight excluding hydrogens is 400 g/mol. The first-order valence-electron chi connectivity index (χ1n) is 10.4. The number of hydrogen-bond acceptors (Lipinski definition) is 8. The fourth-order valence-corrected chi connectivity index (χ4v) is 5.22. The highest BCUT2D eigenvalue weighted by molar-refractivity contribution is 7.18. The second kappa shape index (κ2) is 8.33. The van der Waals surface area contributed by atoms with Crippen molar-refractivity contribution in [3.05, 3.63) is 40.5 Å². The monoisotopic (exact) mass is 426 g/mol. The molecule has 1 saturated heterocycles. The number of benzene rings is 1. The third-order valence-corrected chi connectivity index (χ3v) is 6.85. The topological polar surface area (TPSA) is 90.9 Å². The van der Waals surface area contributed by atoms with Gasteiger partial charge in [0, 0.05) is 44.0 Å². The summed E-state index contributed by atoms with van der Waals surface area (Å²) >= 11 is 1.40. The molecule has 1 unspecified atom stereocenters. The minimum atomic E-state index is -0.114. The summed E-state index contributed by atoms with van der Waals surface area (Å²) in [5.74, 6) is 1.12. The van der Waals surface area contributed by atoms with E-state index in [0.717, 1.165) is 42.5 Å². The Morgan fingerprint density at radius 1 is 1.33 bits per heavy atom. The quantitative estimate of drug-likeness (QED) is 0.693. The summed E-state index contributed by atoms with van der Waals surface area (Å²) in [6.45, 7) is 3.63. The number of nitrogens with one attached hydrogen (secondary N) is 3. The molecule has 1 aromatic carbocycles. The van der Waals surface area contributed by atoms with E-state index in [2.05, 4.69) is 45.1 Å². The number of amidine groups is 1. The third kappa shape index (κ3) is 3.57. The maximum atomic E-state index is 12.8. The number of aliphatic imine (C=N–C) groups is 1. The van der Waals surface area contributed by atoms with Crippen LogP contribution in [0.4, 0.5) is 10.7 Å². The van der Waals surface area contributed by atoms with Crippen molar-refractivity contribution in [2.24, 2.45) is 4.99 Å². The van der Waals surface area contributed by atoms with Crippen molar-refractivity contribution >= 4 is 33.8 Å². The molecule has 3 aliphatic rings. The number of thiazole rings is 1. The van der Waals surface area contributed by atoms with E-state index in [1.54, 1.807) is 0 Å². The number of likely N-dealkylation sites (N-methyl/N-ethyl adjacent to an activating group) is 1. The predicted molar refractivity (Wildman–Crippen MR) is 119 cm³/mol. The number of carbonyl (C=O) groups is 1. The number of ether oxygens (including phenoxy) is 1. The van der Waals surface area contributed by atoms with Crippen LogP contribution >= 0.6 is 11.3 Å². The number of aromatic nitrogens is 1. The van der Waals surface area contributed by atoms with E-state index < -0.39 is 0 Å². The number of nitrogens with zero attached hydrogens (tertiary/aromatic N) is 3. The molecule has 5 rings (SSSR count). The van der Waals surface area contributed by atoms with Crippen molar-refractivity contribution in [1.82, 2.24) is 15.6 Å². The molecule has 1 atom stereocenters. The lowest BCUT2D eigenvalue weighted by atomic mass is 10.0.